The highest BCUT2D eigenvalue weighted by molar-refractivity contribution is 5.99. The number of aromatic nitrogens is 4. The van der Waals surface area contributed by atoms with Gasteiger partial charge in [0.05, 0.1) is 12.7 Å². The third-order valence-corrected chi connectivity index (χ3v) is 2.59. The van der Waals surface area contributed by atoms with Gasteiger partial charge in [-0.05, 0) is 19.4 Å². The van der Waals surface area contributed by atoms with Crippen LogP contribution in [0.3, 0.4) is 0 Å². The number of H-pyrrole nitrogens is 1. The molecule has 0 atom stereocenters. The number of rotatable bonds is 4. The van der Waals surface area contributed by atoms with Crippen LogP contribution in [-0.2, 0) is 6.54 Å². The van der Waals surface area contributed by atoms with Crippen molar-refractivity contribution in [3.8, 4) is 0 Å². The number of aromatic amines is 1. The molecular weight excluding hydrogens is 232 g/mol. The Morgan fingerprint density at radius 1 is 1.56 bits per heavy atom. The van der Waals surface area contributed by atoms with Crippen molar-refractivity contribution in [2.45, 2.75) is 20.4 Å². The van der Waals surface area contributed by atoms with Gasteiger partial charge < -0.3 is 11.1 Å². The van der Waals surface area contributed by atoms with E-state index in [1.165, 1.54) is 0 Å². The Morgan fingerprint density at radius 2 is 2.33 bits per heavy atom. The van der Waals surface area contributed by atoms with Crippen molar-refractivity contribution in [1.82, 2.24) is 25.3 Å². The van der Waals surface area contributed by atoms with Crippen LogP contribution in [0.2, 0.25) is 0 Å². The van der Waals surface area contributed by atoms with Crippen LogP contribution in [0.15, 0.2) is 12.4 Å². The van der Waals surface area contributed by atoms with Gasteiger partial charge in [-0.25, -0.2) is 0 Å². The summed E-state index contributed by atoms with van der Waals surface area (Å²) in [5, 5.41) is 13.4. The summed E-state index contributed by atoms with van der Waals surface area (Å²) in [4.78, 5) is 11.9. The first kappa shape index (κ1) is 12.2. The van der Waals surface area contributed by atoms with Crippen molar-refractivity contribution in [3.05, 3.63) is 29.2 Å². The summed E-state index contributed by atoms with van der Waals surface area (Å²) in [5.41, 5.74) is 7.78. The predicted octanol–water partition coefficient (Wildman–Crippen LogP) is 0.235. The summed E-state index contributed by atoms with van der Waals surface area (Å²) in [6, 6.07) is 0. The standard InChI is InChI=1S/C11H16N6O/c1-7-5-14-17(6-7)4-3-13-11(18)9-8(2)15-16-10(9)12/h5-6H,3-4H2,1-2H3,(H,13,18)(H3,12,15,16). The van der Waals surface area contributed by atoms with Gasteiger partial charge in [0.15, 0.2) is 5.82 Å². The number of anilines is 1. The highest BCUT2D eigenvalue weighted by Gasteiger charge is 2.15. The molecule has 0 radical (unpaired) electrons. The van der Waals surface area contributed by atoms with E-state index in [1.54, 1.807) is 17.8 Å². The lowest BCUT2D eigenvalue weighted by Gasteiger charge is -2.05. The van der Waals surface area contributed by atoms with Crippen LogP contribution in [-0.4, -0.2) is 32.4 Å². The van der Waals surface area contributed by atoms with Crippen LogP contribution in [0, 0.1) is 13.8 Å². The highest BCUT2D eigenvalue weighted by Crippen LogP contribution is 2.11. The van der Waals surface area contributed by atoms with Crippen molar-refractivity contribution in [3.63, 3.8) is 0 Å². The topological polar surface area (TPSA) is 102 Å². The van der Waals surface area contributed by atoms with Crippen LogP contribution >= 0.6 is 0 Å². The Hall–Kier alpha value is -2.31. The molecule has 0 fully saturated rings. The fourth-order valence-corrected chi connectivity index (χ4v) is 1.70. The molecule has 0 saturated carbocycles. The lowest BCUT2D eigenvalue weighted by atomic mass is 10.2. The van der Waals surface area contributed by atoms with Crippen molar-refractivity contribution in [2.24, 2.45) is 0 Å². The van der Waals surface area contributed by atoms with E-state index in [9.17, 15) is 4.79 Å². The number of aryl methyl sites for hydroxylation is 2. The number of nitrogens with one attached hydrogen (secondary N) is 2. The summed E-state index contributed by atoms with van der Waals surface area (Å²) < 4.78 is 1.78. The van der Waals surface area contributed by atoms with Gasteiger partial charge in [0.25, 0.3) is 5.91 Å². The number of nitrogen functional groups attached to an aromatic ring is 1. The minimum Gasteiger partial charge on any atom is -0.382 e. The lowest BCUT2D eigenvalue weighted by Crippen LogP contribution is -2.28. The molecule has 0 aliphatic rings. The monoisotopic (exact) mass is 248 g/mol. The highest BCUT2D eigenvalue weighted by atomic mass is 16.1. The zero-order valence-electron chi connectivity index (χ0n) is 10.4. The van der Waals surface area contributed by atoms with E-state index in [2.05, 4.69) is 20.6 Å². The minimum absolute atomic E-state index is 0.220. The largest absolute Gasteiger partial charge is 0.382 e. The molecular formula is C11H16N6O. The molecule has 4 N–H and O–H groups in total. The molecule has 0 unspecified atom stereocenters. The Kier molecular flexibility index (Phi) is 3.31. The molecule has 2 aromatic rings. The number of carbonyl (C=O) groups is 1. The molecule has 7 nitrogen and oxygen atoms in total. The fourth-order valence-electron chi connectivity index (χ4n) is 1.70. The maximum absolute atomic E-state index is 11.9. The number of nitrogens with two attached hydrogens (primary N) is 1. The van der Waals surface area contributed by atoms with E-state index >= 15 is 0 Å². The first-order chi connectivity index (χ1) is 8.58. The number of carbonyl (C=O) groups excluding carboxylic acids is 1. The van der Waals surface area contributed by atoms with E-state index in [-0.39, 0.29) is 11.7 Å². The summed E-state index contributed by atoms with van der Waals surface area (Å²) in [5.74, 6) is 0.00237. The maximum Gasteiger partial charge on any atom is 0.256 e. The van der Waals surface area contributed by atoms with Gasteiger partial charge in [-0.1, -0.05) is 0 Å². The number of hydrogen-bond acceptors (Lipinski definition) is 4. The van der Waals surface area contributed by atoms with Crippen molar-refractivity contribution < 1.29 is 4.79 Å². The first-order valence-corrected chi connectivity index (χ1v) is 5.65. The fraction of sp³-hybridized carbons (Fsp3) is 0.364. The van der Waals surface area contributed by atoms with Crippen molar-refractivity contribution >= 4 is 11.7 Å². The van der Waals surface area contributed by atoms with Crippen LogP contribution < -0.4 is 11.1 Å². The van der Waals surface area contributed by atoms with E-state index in [0.29, 0.717) is 24.3 Å². The van der Waals surface area contributed by atoms with Gasteiger partial charge in [0.2, 0.25) is 0 Å². The van der Waals surface area contributed by atoms with Crippen LogP contribution in [0.4, 0.5) is 5.82 Å². The van der Waals surface area contributed by atoms with Gasteiger partial charge in [-0.3, -0.25) is 14.6 Å². The zero-order valence-corrected chi connectivity index (χ0v) is 10.4. The molecule has 0 aliphatic heterocycles. The van der Waals surface area contributed by atoms with E-state index in [1.807, 2.05) is 13.1 Å². The first-order valence-electron chi connectivity index (χ1n) is 5.65. The van der Waals surface area contributed by atoms with Gasteiger partial charge in [0, 0.05) is 18.4 Å². The van der Waals surface area contributed by atoms with Gasteiger partial charge in [-0.15, -0.1) is 0 Å². The third-order valence-electron chi connectivity index (χ3n) is 2.59. The van der Waals surface area contributed by atoms with Crippen LogP contribution in [0.25, 0.3) is 0 Å². The molecule has 0 aromatic carbocycles. The van der Waals surface area contributed by atoms with Crippen LogP contribution in [0.5, 0.6) is 0 Å². The molecule has 1 amide bonds. The minimum atomic E-state index is -0.220. The van der Waals surface area contributed by atoms with Crippen molar-refractivity contribution in [2.75, 3.05) is 12.3 Å². The van der Waals surface area contributed by atoms with E-state index in [4.69, 9.17) is 5.73 Å². The smallest absolute Gasteiger partial charge is 0.256 e. The normalized spacial score (nSPS) is 10.6. The molecule has 2 aromatic heterocycles. The second-order valence-corrected chi connectivity index (χ2v) is 4.15. The molecule has 0 aliphatic carbocycles. The predicted molar refractivity (Wildman–Crippen MR) is 67.0 cm³/mol. The average Bonchev–Trinajstić information content (AvgIpc) is 2.86. The summed E-state index contributed by atoms with van der Waals surface area (Å²) in [6.07, 6.45) is 3.70. The second kappa shape index (κ2) is 4.91. The zero-order chi connectivity index (χ0) is 13.1. The number of amides is 1. The molecule has 7 heteroatoms. The molecule has 0 spiro atoms. The van der Waals surface area contributed by atoms with Crippen molar-refractivity contribution in [1.29, 1.82) is 0 Å². The Balaban J connectivity index is 1.89. The van der Waals surface area contributed by atoms with Gasteiger partial charge >= 0.3 is 0 Å². The van der Waals surface area contributed by atoms with Crippen LogP contribution in [0.1, 0.15) is 21.6 Å². The quantitative estimate of drug-likeness (QED) is 0.721. The molecule has 0 bridgehead atoms. The lowest BCUT2D eigenvalue weighted by molar-refractivity contribution is 0.0952. The number of hydrogen-bond donors (Lipinski definition) is 3. The molecule has 18 heavy (non-hydrogen) atoms. The average molecular weight is 248 g/mol. The Labute approximate surface area is 104 Å². The van der Waals surface area contributed by atoms with E-state index in [0.717, 1.165) is 5.56 Å². The maximum atomic E-state index is 11.9. The Morgan fingerprint density at radius 3 is 2.89 bits per heavy atom. The summed E-state index contributed by atoms with van der Waals surface area (Å²) >= 11 is 0. The van der Waals surface area contributed by atoms with Gasteiger partial charge in [-0.2, -0.15) is 10.2 Å². The SMILES string of the molecule is Cc1cnn(CCNC(=O)c2c(N)n[nH]c2C)c1. The van der Waals surface area contributed by atoms with Gasteiger partial charge in [0.1, 0.15) is 5.56 Å². The summed E-state index contributed by atoms with van der Waals surface area (Å²) in [6.45, 7) is 4.84. The number of nitrogens with zero attached hydrogens (tertiary/aromatic N) is 3. The Bertz CT molecular complexity index is 536. The molecule has 96 valence electrons. The molecule has 2 heterocycles. The molecule has 0 saturated heterocycles. The summed E-state index contributed by atoms with van der Waals surface area (Å²) in [7, 11) is 0. The van der Waals surface area contributed by atoms with E-state index < -0.39 is 0 Å². The second-order valence-electron chi connectivity index (χ2n) is 4.15. The molecule has 2 rings (SSSR count). The third kappa shape index (κ3) is 2.50.